The lowest BCUT2D eigenvalue weighted by atomic mass is 10.1. The summed E-state index contributed by atoms with van der Waals surface area (Å²) in [4.78, 5) is 23.6. The molecule has 2 aromatic carbocycles. The Hall–Kier alpha value is -3.08. The molecule has 5 heteroatoms. The Labute approximate surface area is 140 Å². The lowest BCUT2D eigenvalue weighted by Gasteiger charge is -2.12. The second-order valence-electron chi connectivity index (χ2n) is 4.96. The van der Waals surface area contributed by atoms with E-state index in [0.717, 1.165) is 5.56 Å². The van der Waals surface area contributed by atoms with Crippen LogP contribution >= 0.6 is 0 Å². The van der Waals surface area contributed by atoms with E-state index in [2.05, 4.69) is 6.58 Å². The Morgan fingerprint density at radius 1 is 1.04 bits per heavy atom. The van der Waals surface area contributed by atoms with Crippen LogP contribution in [0.4, 0.5) is 0 Å². The third kappa shape index (κ3) is 4.23. The zero-order valence-electron chi connectivity index (χ0n) is 13.6. The highest BCUT2D eigenvalue weighted by atomic mass is 16.6. The normalized spacial score (nSPS) is 9.92. The van der Waals surface area contributed by atoms with Crippen LogP contribution in [0.2, 0.25) is 0 Å². The van der Waals surface area contributed by atoms with E-state index in [1.165, 1.54) is 26.2 Å². The van der Waals surface area contributed by atoms with Crippen LogP contribution in [0.25, 0.3) is 0 Å². The van der Waals surface area contributed by atoms with Gasteiger partial charge >= 0.3 is 11.9 Å². The molecule has 0 aromatic heterocycles. The van der Waals surface area contributed by atoms with Crippen LogP contribution in [-0.4, -0.2) is 19.0 Å². The molecule has 0 bridgehead atoms. The summed E-state index contributed by atoms with van der Waals surface area (Å²) < 4.78 is 15.7. The number of carbonyl (C=O) groups excluding carboxylic acids is 2. The lowest BCUT2D eigenvalue weighted by Crippen LogP contribution is -2.13. The minimum absolute atomic E-state index is 0.150. The maximum absolute atomic E-state index is 12.4. The molecule has 0 radical (unpaired) electrons. The molecule has 0 saturated heterocycles. The summed E-state index contributed by atoms with van der Waals surface area (Å²) in [6, 6.07) is 11.6. The molecule has 24 heavy (non-hydrogen) atoms. The molecule has 0 aliphatic rings. The van der Waals surface area contributed by atoms with Crippen LogP contribution < -0.4 is 14.2 Å². The van der Waals surface area contributed by atoms with Gasteiger partial charge in [0.1, 0.15) is 11.3 Å². The number of allylic oxidation sites excluding steroid dienone is 1. The van der Waals surface area contributed by atoms with Gasteiger partial charge in [0.05, 0.1) is 7.11 Å². The first kappa shape index (κ1) is 17.3. The predicted octanol–water partition coefficient (Wildman–Crippen LogP) is 3.57. The zero-order valence-corrected chi connectivity index (χ0v) is 13.6. The van der Waals surface area contributed by atoms with Gasteiger partial charge in [-0.15, -0.1) is 6.58 Å². The molecular formula is C19H18O5. The Morgan fingerprint density at radius 3 is 2.46 bits per heavy atom. The minimum Gasteiger partial charge on any atom is -0.493 e. The number of carbonyl (C=O) groups is 2. The molecule has 0 fully saturated rings. The van der Waals surface area contributed by atoms with E-state index in [1.54, 1.807) is 30.3 Å². The number of para-hydroxylation sites is 1. The minimum atomic E-state index is -0.637. The van der Waals surface area contributed by atoms with Gasteiger partial charge in [-0.1, -0.05) is 24.3 Å². The average Bonchev–Trinajstić information content (AvgIpc) is 2.56. The molecule has 2 rings (SSSR count). The molecule has 0 aliphatic heterocycles. The second-order valence-corrected chi connectivity index (χ2v) is 4.96. The van der Waals surface area contributed by atoms with Gasteiger partial charge in [0.25, 0.3) is 0 Å². The summed E-state index contributed by atoms with van der Waals surface area (Å²) >= 11 is 0. The predicted molar refractivity (Wildman–Crippen MR) is 89.6 cm³/mol. The largest absolute Gasteiger partial charge is 0.493 e. The number of hydrogen-bond donors (Lipinski definition) is 0. The van der Waals surface area contributed by atoms with Crippen molar-refractivity contribution in [3.63, 3.8) is 0 Å². The Bertz CT molecular complexity index is 764. The van der Waals surface area contributed by atoms with Crippen LogP contribution in [0, 0.1) is 0 Å². The molecule has 0 heterocycles. The zero-order chi connectivity index (χ0) is 17.5. The maximum Gasteiger partial charge on any atom is 0.347 e. The molecule has 0 spiro atoms. The van der Waals surface area contributed by atoms with E-state index in [0.29, 0.717) is 12.2 Å². The van der Waals surface area contributed by atoms with Crippen LogP contribution in [0.3, 0.4) is 0 Å². The summed E-state index contributed by atoms with van der Waals surface area (Å²) in [7, 11) is 1.50. The van der Waals surface area contributed by atoms with Crippen molar-refractivity contribution in [2.75, 3.05) is 7.11 Å². The van der Waals surface area contributed by atoms with Crippen LogP contribution in [-0.2, 0) is 11.2 Å². The van der Waals surface area contributed by atoms with Gasteiger partial charge in [0.2, 0.25) is 0 Å². The van der Waals surface area contributed by atoms with Crippen molar-refractivity contribution in [3.05, 3.63) is 66.2 Å². The number of rotatable bonds is 6. The molecule has 0 N–H and O–H groups in total. The molecule has 0 unspecified atom stereocenters. The number of esters is 2. The van der Waals surface area contributed by atoms with E-state index < -0.39 is 11.9 Å². The molecule has 5 nitrogen and oxygen atoms in total. The van der Waals surface area contributed by atoms with Crippen molar-refractivity contribution >= 4 is 11.9 Å². The first-order valence-electron chi connectivity index (χ1n) is 7.32. The highest BCUT2D eigenvalue weighted by Crippen LogP contribution is 2.30. The SMILES string of the molecule is C=CCc1ccc(OC(=O)c2ccccc2OC(C)=O)c(OC)c1. The monoisotopic (exact) mass is 326 g/mol. The number of hydrogen-bond acceptors (Lipinski definition) is 5. The molecule has 0 aliphatic carbocycles. The number of benzene rings is 2. The number of ether oxygens (including phenoxy) is 3. The third-order valence-corrected chi connectivity index (χ3v) is 3.17. The number of methoxy groups -OCH3 is 1. The van der Waals surface area contributed by atoms with E-state index in [-0.39, 0.29) is 17.1 Å². The maximum atomic E-state index is 12.4. The van der Waals surface area contributed by atoms with E-state index >= 15 is 0 Å². The van der Waals surface area contributed by atoms with Gasteiger partial charge in [0.15, 0.2) is 11.5 Å². The molecule has 0 atom stereocenters. The lowest BCUT2D eigenvalue weighted by molar-refractivity contribution is -0.131. The van der Waals surface area contributed by atoms with Crippen molar-refractivity contribution in [3.8, 4) is 17.2 Å². The van der Waals surface area contributed by atoms with Crippen molar-refractivity contribution < 1.29 is 23.8 Å². The van der Waals surface area contributed by atoms with Crippen LogP contribution in [0.1, 0.15) is 22.8 Å². The van der Waals surface area contributed by atoms with Crippen LogP contribution in [0.15, 0.2) is 55.1 Å². The summed E-state index contributed by atoms with van der Waals surface area (Å²) in [5.74, 6) is -0.277. The van der Waals surface area contributed by atoms with E-state index in [9.17, 15) is 9.59 Å². The van der Waals surface area contributed by atoms with Crippen molar-refractivity contribution in [1.82, 2.24) is 0 Å². The van der Waals surface area contributed by atoms with Gasteiger partial charge in [-0.25, -0.2) is 4.79 Å². The molecule has 0 saturated carbocycles. The van der Waals surface area contributed by atoms with Crippen molar-refractivity contribution in [2.45, 2.75) is 13.3 Å². The highest BCUT2D eigenvalue weighted by Gasteiger charge is 2.17. The summed E-state index contributed by atoms with van der Waals surface area (Å²) in [6.07, 6.45) is 2.45. The molecule has 2 aromatic rings. The summed E-state index contributed by atoms with van der Waals surface area (Å²) in [5, 5.41) is 0. The third-order valence-electron chi connectivity index (χ3n) is 3.17. The second kappa shape index (κ2) is 7.97. The first-order chi connectivity index (χ1) is 11.5. The van der Waals surface area contributed by atoms with Gasteiger partial charge < -0.3 is 14.2 Å². The Balaban J connectivity index is 2.27. The van der Waals surface area contributed by atoms with Crippen LogP contribution in [0.5, 0.6) is 17.2 Å². The Morgan fingerprint density at radius 2 is 1.79 bits per heavy atom. The topological polar surface area (TPSA) is 61.8 Å². The van der Waals surface area contributed by atoms with E-state index in [4.69, 9.17) is 14.2 Å². The fraction of sp³-hybridized carbons (Fsp3) is 0.158. The van der Waals surface area contributed by atoms with E-state index in [1.807, 2.05) is 6.07 Å². The molecular weight excluding hydrogens is 308 g/mol. The fourth-order valence-electron chi connectivity index (χ4n) is 2.12. The van der Waals surface area contributed by atoms with Gasteiger partial charge in [-0.2, -0.15) is 0 Å². The van der Waals surface area contributed by atoms with Gasteiger partial charge in [-0.3, -0.25) is 4.79 Å². The summed E-state index contributed by atoms with van der Waals surface area (Å²) in [5.41, 5.74) is 1.15. The van der Waals surface area contributed by atoms with Crippen molar-refractivity contribution in [2.24, 2.45) is 0 Å². The van der Waals surface area contributed by atoms with Gasteiger partial charge in [0, 0.05) is 6.92 Å². The standard InChI is InChI=1S/C19H18O5/c1-4-7-14-10-11-17(18(12-14)22-3)24-19(21)15-8-5-6-9-16(15)23-13(2)20/h4-6,8-12H,1,7H2,2-3H3. The summed E-state index contributed by atoms with van der Waals surface area (Å²) in [6.45, 7) is 4.95. The smallest absolute Gasteiger partial charge is 0.347 e. The average molecular weight is 326 g/mol. The first-order valence-corrected chi connectivity index (χ1v) is 7.32. The van der Waals surface area contributed by atoms with Gasteiger partial charge in [-0.05, 0) is 36.2 Å². The Kier molecular flexibility index (Phi) is 5.73. The molecule has 124 valence electrons. The fourth-order valence-corrected chi connectivity index (χ4v) is 2.12. The highest BCUT2D eigenvalue weighted by molar-refractivity contribution is 5.95. The van der Waals surface area contributed by atoms with Crippen molar-refractivity contribution in [1.29, 1.82) is 0 Å². The quantitative estimate of drug-likeness (QED) is 0.461. The molecule has 0 amide bonds.